The van der Waals surface area contributed by atoms with Gasteiger partial charge in [0.15, 0.2) is 6.61 Å². The van der Waals surface area contributed by atoms with E-state index in [1.807, 2.05) is 24.3 Å². The molecule has 0 unspecified atom stereocenters. The van der Waals surface area contributed by atoms with E-state index in [0.717, 1.165) is 6.42 Å². The fraction of sp³-hybridized carbons (Fsp3) is 0.263. The third-order valence-corrected chi connectivity index (χ3v) is 4.40. The van der Waals surface area contributed by atoms with Crippen molar-refractivity contribution in [3.63, 3.8) is 0 Å². The number of hydrogen-bond acceptors (Lipinski definition) is 4. The molecular formula is C19H19BrNO4-. The Balaban J connectivity index is 1.96. The SMILES string of the molecule is CC[C@@H](C)c1ccc(OCC(=O)Nc2ccc(Br)cc2C(=O)[O-])cc1. The summed E-state index contributed by atoms with van der Waals surface area (Å²) in [5, 5.41) is 13.7. The molecule has 5 nitrogen and oxygen atoms in total. The summed E-state index contributed by atoms with van der Waals surface area (Å²) in [7, 11) is 0. The first-order chi connectivity index (χ1) is 11.9. The molecule has 0 spiro atoms. The van der Waals surface area contributed by atoms with Crippen molar-refractivity contribution in [2.24, 2.45) is 0 Å². The topological polar surface area (TPSA) is 78.5 Å². The summed E-state index contributed by atoms with van der Waals surface area (Å²) in [6, 6.07) is 12.1. The van der Waals surface area contributed by atoms with E-state index in [4.69, 9.17) is 4.74 Å². The van der Waals surface area contributed by atoms with Crippen LogP contribution in [0.3, 0.4) is 0 Å². The highest BCUT2D eigenvalue weighted by Gasteiger charge is 2.10. The van der Waals surface area contributed by atoms with Gasteiger partial charge in [0.2, 0.25) is 0 Å². The summed E-state index contributed by atoms with van der Waals surface area (Å²) in [6.45, 7) is 4.06. The van der Waals surface area contributed by atoms with Crippen LogP contribution in [0.25, 0.3) is 0 Å². The van der Waals surface area contributed by atoms with Crippen LogP contribution in [0.5, 0.6) is 5.75 Å². The Hall–Kier alpha value is -2.34. The Bertz CT molecular complexity index is 759. The molecule has 0 aliphatic carbocycles. The van der Waals surface area contributed by atoms with E-state index in [0.29, 0.717) is 16.1 Å². The Morgan fingerprint density at radius 2 is 1.88 bits per heavy atom. The highest BCUT2D eigenvalue weighted by Crippen LogP contribution is 2.22. The fourth-order valence-corrected chi connectivity index (χ4v) is 2.62. The van der Waals surface area contributed by atoms with Gasteiger partial charge in [0.05, 0.1) is 5.97 Å². The van der Waals surface area contributed by atoms with Gasteiger partial charge in [-0.3, -0.25) is 4.79 Å². The molecule has 0 aliphatic rings. The van der Waals surface area contributed by atoms with E-state index < -0.39 is 11.9 Å². The van der Waals surface area contributed by atoms with Crippen LogP contribution in [0.4, 0.5) is 5.69 Å². The van der Waals surface area contributed by atoms with Crippen LogP contribution < -0.4 is 15.2 Å². The third-order valence-electron chi connectivity index (χ3n) is 3.91. The first-order valence-electron chi connectivity index (χ1n) is 7.94. The smallest absolute Gasteiger partial charge is 0.262 e. The summed E-state index contributed by atoms with van der Waals surface area (Å²) in [5.74, 6) is -0.759. The highest BCUT2D eigenvalue weighted by atomic mass is 79.9. The second-order valence-corrected chi connectivity index (χ2v) is 6.61. The lowest BCUT2D eigenvalue weighted by atomic mass is 9.99. The quantitative estimate of drug-likeness (QED) is 0.767. The van der Waals surface area contributed by atoms with E-state index in [-0.39, 0.29) is 17.9 Å². The number of aromatic carboxylic acids is 1. The van der Waals surface area contributed by atoms with Gasteiger partial charge in [0, 0.05) is 15.7 Å². The van der Waals surface area contributed by atoms with Crippen molar-refractivity contribution in [3.8, 4) is 5.75 Å². The zero-order chi connectivity index (χ0) is 18.4. The van der Waals surface area contributed by atoms with Crippen LogP contribution in [-0.2, 0) is 4.79 Å². The molecular weight excluding hydrogens is 386 g/mol. The van der Waals surface area contributed by atoms with Crippen molar-refractivity contribution < 1.29 is 19.4 Å². The van der Waals surface area contributed by atoms with Gasteiger partial charge in [0.25, 0.3) is 5.91 Å². The molecule has 0 heterocycles. The van der Waals surface area contributed by atoms with Gasteiger partial charge in [-0.15, -0.1) is 0 Å². The maximum absolute atomic E-state index is 12.0. The molecule has 2 aromatic carbocycles. The minimum absolute atomic E-state index is 0.0966. The number of carbonyl (C=O) groups is 2. The number of anilines is 1. The number of carboxylic acids is 1. The van der Waals surface area contributed by atoms with Gasteiger partial charge in [-0.2, -0.15) is 0 Å². The summed E-state index contributed by atoms with van der Waals surface area (Å²) in [6.07, 6.45) is 1.05. The van der Waals surface area contributed by atoms with E-state index in [2.05, 4.69) is 35.1 Å². The molecule has 0 saturated heterocycles. The number of rotatable bonds is 7. The molecule has 25 heavy (non-hydrogen) atoms. The van der Waals surface area contributed by atoms with Crippen LogP contribution >= 0.6 is 15.9 Å². The number of ether oxygens (including phenoxy) is 1. The first kappa shape index (κ1) is 19.0. The molecule has 132 valence electrons. The number of hydrogen-bond donors (Lipinski definition) is 1. The average molecular weight is 405 g/mol. The number of halogens is 1. The van der Waals surface area contributed by atoms with Crippen LogP contribution in [0.15, 0.2) is 46.9 Å². The molecule has 2 rings (SSSR count). The summed E-state index contributed by atoms with van der Waals surface area (Å²) < 4.78 is 6.03. The van der Waals surface area contributed by atoms with E-state index >= 15 is 0 Å². The first-order valence-corrected chi connectivity index (χ1v) is 8.73. The van der Waals surface area contributed by atoms with Gasteiger partial charge < -0.3 is 20.0 Å². The number of amides is 1. The molecule has 0 aromatic heterocycles. The maximum Gasteiger partial charge on any atom is 0.262 e. The molecule has 1 amide bonds. The zero-order valence-corrected chi connectivity index (χ0v) is 15.6. The molecule has 0 fully saturated rings. The van der Waals surface area contributed by atoms with Crippen molar-refractivity contribution in [1.29, 1.82) is 0 Å². The van der Waals surface area contributed by atoms with Crippen LogP contribution in [-0.4, -0.2) is 18.5 Å². The lowest BCUT2D eigenvalue weighted by molar-refractivity contribution is -0.254. The standard InChI is InChI=1S/C19H20BrNO4/c1-3-12(2)13-4-7-15(8-5-13)25-11-18(22)21-17-9-6-14(20)10-16(17)19(23)24/h4-10,12H,3,11H2,1-2H3,(H,21,22)(H,23,24)/p-1/t12-/m1/s1. The molecule has 1 N–H and O–H groups in total. The summed E-state index contributed by atoms with van der Waals surface area (Å²) in [5.41, 5.74) is 1.29. The monoisotopic (exact) mass is 404 g/mol. The normalized spacial score (nSPS) is 11.6. The van der Waals surface area contributed by atoms with Gasteiger partial charge in [0.1, 0.15) is 5.75 Å². The summed E-state index contributed by atoms with van der Waals surface area (Å²) >= 11 is 3.18. The van der Waals surface area contributed by atoms with Gasteiger partial charge in [-0.05, 0) is 48.2 Å². The maximum atomic E-state index is 12.0. The predicted molar refractivity (Wildman–Crippen MR) is 97.7 cm³/mol. The molecule has 1 atom stereocenters. The predicted octanol–water partition coefficient (Wildman–Crippen LogP) is 3.34. The molecule has 2 aromatic rings. The van der Waals surface area contributed by atoms with E-state index in [9.17, 15) is 14.7 Å². The van der Waals surface area contributed by atoms with Crippen molar-refractivity contribution >= 4 is 33.5 Å². The summed E-state index contributed by atoms with van der Waals surface area (Å²) in [4.78, 5) is 23.1. The zero-order valence-electron chi connectivity index (χ0n) is 14.0. The minimum atomic E-state index is -1.36. The Kier molecular flexibility index (Phi) is 6.58. The number of carbonyl (C=O) groups excluding carboxylic acids is 2. The Labute approximate surface area is 155 Å². The molecule has 0 saturated carbocycles. The van der Waals surface area contributed by atoms with Crippen molar-refractivity contribution in [2.75, 3.05) is 11.9 Å². The molecule has 0 bridgehead atoms. The van der Waals surface area contributed by atoms with Gasteiger partial charge in [-0.1, -0.05) is 41.9 Å². The van der Waals surface area contributed by atoms with Crippen molar-refractivity contribution in [3.05, 3.63) is 58.1 Å². The average Bonchev–Trinajstić information content (AvgIpc) is 2.61. The molecule has 6 heteroatoms. The second-order valence-electron chi connectivity index (χ2n) is 5.69. The minimum Gasteiger partial charge on any atom is -0.545 e. The number of carboxylic acid groups (broad SMARTS) is 1. The lowest BCUT2D eigenvalue weighted by Gasteiger charge is -2.13. The third kappa shape index (κ3) is 5.32. The van der Waals surface area contributed by atoms with Crippen LogP contribution in [0, 0.1) is 0 Å². The lowest BCUT2D eigenvalue weighted by Crippen LogP contribution is -2.26. The molecule has 0 radical (unpaired) electrons. The number of benzene rings is 2. The van der Waals surface area contributed by atoms with Crippen molar-refractivity contribution in [1.82, 2.24) is 0 Å². The largest absolute Gasteiger partial charge is 0.545 e. The van der Waals surface area contributed by atoms with Crippen LogP contribution in [0.2, 0.25) is 0 Å². The van der Waals surface area contributed by atoms with Gasteiger partial charge in [-0.25, -0.2) is 0 Å². The van der Waals surface area contributed by atoms with E-state index in [1.54, 1.807) is 6.07 Å². The Morgan fingerprint density at radius 1 is 1.20 bits per heavy atom. The van der Waals surface area contributed by atoms with Crippen molar-refractivity contribution in [2.45, 2.75) is 26.2 Å². The second kappa shape index (κ2) is 8.67. The molecule has 0 aliphatic heterocycles. The van der Waals surface area contributed by atoms with Crippen LogP contribution in [0.1, 0.15) is 42.1 Å². The van der Waals surface area contributed by atoms with E-state index in [1.165, 1.54) is 17.7 Å². The van der Waals surface area contributed by atoms with Gasteiger partial charge >= 0.3 is 0 Å². The number of nitrogens with one attached hydrogen (secondary N) is 1. The highest BCUT2D eigenvalue weighted by molar-refractivity contribution is 9.10. The Morgan fingerprint density at radius 3 is 2.48 bits per heavy atom. The fourth-order valence-electron chi connectivity index (χ4n) is 2.26.